The quantitative estimate of drug-likeness (QED) is 0.757. The number of carbonyl (C=O) groups excluding carboxylic acids is 2. The Morgan fingerprint density at radius 2 is 1.70 bits per heavy atom. The van der Waals surface area contributed by atoms with Crippen LogP contribution in [0.4, 0.5) is 0 Å². The molecule has 4 aliphatic rings. The van der Waals surface area contributed by atoms with Crippen LogP contribution in [-0.2, 0) is 14.3 Å². The summed E-state index contributed by atoms with van der Waals surface area (Å²) in [5, 5.41) is 9.37. The summed E-state index contributed by atoms with van der Waals surface area (Å²) in [4.78, 5) is 26.7. The van der Waals surface area contributed by atoms with Gasteiger partial charge in [-0.05, 0) is 56.3 Å². The second-order valence-electron chi connectivity index (χ2n) is 8.10. The van der Waals surface area contributed by atoms with Gasteiger partial charge in [0, 0.05) is 13.1 Å². The molecule has 0 spiro atoms. The highest BCUT2D eigenvalue weighted by molar-refractivity contribution is 5.84. The molecule has 0 radical (unpaired) electrons. The van der Waals surface area contributed by atoms with Crippen molar-refractivity contribution in [1.82, 2.24) is 4.90 Å². The van der Waals surface area contributed by atoms with E-state index in [0.29, 0.717) is 30.8 Å². The van der Waals surface area contributed by atoms with Gasteiger partial charge in [0.25, 0.3) is 0 Å². The molecule has 0 aromatic carbocycles. The first-order valence-corrected chi connectivity index (χ1v) is 8.95. The van der Waals surface area contributed by atoms with Crippen LogP contribution in [-0.4, -0.2) is 48.7 Å². The van der Waals surface area contributed by atoms with Gasteiger partial charge >= 0.3 is 5.97 Å². The van der Waals surface area contributed by atoms with Gasteiger partial charge in [0.05, 0.1) is 25.0 Å². The minimum Gasteiger partial charge on any atom is -0.469 e. The third-order valence-electron chi connectivity index (χ3n) is 6.25. The second kappa shape index (κ2) is 6.42. The molecule has 5 heteroatoms. The number of aliphatic hydroxyl groups excluding tert-OH is 1. The molecule has 4 bridgehead atoms. The average Bonchev–Trinajstić information content (AvgIpc) is 2.51. The smallest absolute Gasteiger partial charge is 0.310 e. The highest BCUT2D eigenvalue weighted by Gasteiger charge is 2.55. The number of hydrogen-bond donors (Lipinski definition) is 1. The van der Waals surface area contributed by atoms with Crippen molar-refractivity contribution in [2.24, 2.45) is 29.1 Å². The fourth-order valence-corrected chi connectivity index (χ4v) is 5.71. The van der Waals surface area contributed by atoms with Crippen LogP contribution >= 0.6 is 0 Å². The zero-order valence-corrected chi connectivity index (χ0v) is 14.3. The molecule has 0 aliphatic heterocycles. The molecule has 0 saturated heterocycles. The molecule has 0 heterocycles. The molecule has 1 N–H and O–H groups in total. The maximum absolute atomic E-state index is 13.3. The highest BCUT2D eigenvalue weighted by atomic mass is 16.5. The van der Waals surface area contributed by atoms with Gasteiger partial charge in [-0.3, -0.25) is 9.59 Å². The van der Waals surface area contributed by atoms with Gasteiger partial charge in [-0.1, -0.05) is 6.92 Å². The number of hydrogen-bond acceptors (Lipinski definition) is 4. The Morgan fingerprint density at radius 3 is 2.13 bits per heavy atom. The number of esters is 1. The molecule has 1 unspecified atom stereocenters. The van der Waals surface area contributed by atoms with Gasteiger partial charge in [-0.15, -0.1) is 0 Å². The van der Waals surface area contributed by atoms with E-state index in [1.165, 1.54) is 26.4 Å². The van der Waals surface area contributed by atoms with Crippen LogP contribution < -0.4 is 0 Å². The number of ether oxygens (including phenoxy) is 1. The van der Waals surface area contributed by atoms with Crippen LogP contribution in [0.1, 0.15) is 45.4 Å². The Balaban J connectivity index is 1.74. The minimum atomic E-state index is -0.357. The molecule has 1 atom stereocenters. The molecule has 23 heavy (non-hydrogen) atoms. The number of methoxy groups -OCH3 is 1. The summed E-state index contributed by atoms with van der Waals surface area (Å²) in [6, 6.07) is 0. The van der Waals surface area contributed by atoms with Crippen LogP contribution in [0.2, 0.25) is 0 Å². The van der Waals surface area contributed by atoms with E-state index >= 15 is 0 Å². The minimum absolute atomic E-state index is 0.0635. The summed E-state index contributed by atoms with van der Waals surface area (Å²) in [6.07, 6.45) is 6.91. The fraction of sp³-hybridized carbons (Fsp3) is 0.889. The van der Waals surface area contributed by atoms with E-state index in [2.05, 4.69) is 0 Å². The van der Waals surface area contributed by atoms with Gasteiger partial charge in [0.15, 0.2) is 0 Å². The van der Waals surface area contributed by atoms with Crippen molar-refractivity contribution in [3.05, 3.63) is 0 Å². The number of amides is 1. The summed E-state index contributed by atoms with van der Waals surface area (Å²) in [5.41, 5.74) is -0.222. The van der Waals surface area contributed by atoms with E-state index in [-0.39, 0.29) is 29.8 Å². The van der Waals surface area contributed by atoms with E-state index < -0.39 is 0 Å². The number of aliphatic hydroxyl groups is 1. The molecule has 0 aromatic heterocycles. The Kier molecular flexibility index (Phi) is 4.68. The van der Waals surface area contributed by atoms with Crippen LogP contribution in [0.3, 0.4) is 0 Å². The molecule has 4 aliphatic carbocycles. The van der Waals surface area contributed by atoms with Gasteiger partial charge in [-0.2, -0.15) is 0 Å². The van der Waals surface area contributed by atoms with Crippen LogP contribution in [0, 0.1) is 29.1 Å². The fourth-order valence-electron chi connectivity index (χ4n) is 5.71. The third-order valence-corrected chi connectivity index (χ3v) is 6.25. The lowest BCUT2D eigenvalue weighted by atomic mass is 9.49. The van der Waals surface area contributed by atoms with E-state index in [1.54, 1.807) is 11.8 Å². The van der Waals surface area contributed by atoms with Gasteiger partial charge in [-0.25, -0.2) is 0 Å². The zero-order chi connectivity index (χ0) is 16.6. The Morgan fingerprint density at radius 1 is 1.17 bits per heavy atom. The van der Waals surface area contributed by atoms with Crippen molar-refractivity contribution >= 4 is 11.9 Å². The first kappa shape index (κ1) is 16.7. The Bertz CT molecular complexity index is 440. The van der Waals surface area contributed by atoms with Crippen molar-refractivity contribution in [2.75, 3.05) is 26.8 Å². The summed E-state index contributed by atoms with van der Waals surface area (Å²) in [5.74, 6) is 1.63. The summed E-state index contributed by atoms with van der Waals surface area (Å²) < 4.78 is 4.78. The standard InChI is InChI=1S/C18H29NO4/c1-12(16(21)23-2)11-19(3-4-20)17(22)18-8-13-5-14(9-18)7-15(6-13)10-18/h12-15,20H,3-11H2,1-2H3. The van der Waals surface area contributed by atoms with Crippen molar-refractivity contribution in [3.63, 3.8) is 0 Å². The summed E-state index contributed by atoms with van der Waals surface area (Å²) in [6.45, 7) is 2.37. The number of nitrogens with zero attached hydrogens (tertiary/aromatic N) is 1. The molecular formula is C18H29NO4. The van der Waals surface area contributed by atoms with Gasteiger partial charge < -0.3 is 14.7 Å². The number of carbonyl (C=O) groups is 2. The van der Waals surface area contributed by atoms with Gasteiger partial charge in [0.1, 0.15) is 0 Å². The van der Waals surface area contributed by atoms with E-state index in [1.807, 2.05) is 0 Å². The zero-order valence-electron chi connectivity index (χ0n) is 14.3. The van der Waals surface area contributed by atoms with Crippen molar-refractivity contribution in [2.45, 2.75) is 45.4 Å². The van der Waals surface area contributed by atoms with Crippen molar-refractivity contribution < 1.29 is 19.4 Å². The predicted molar refractivity (Wildman–Crippen MR) is 85.5 cm³/mol. The van der Waals surface area contributed by atoms with Crippen LogP contribution in [0.5, 0.6) is 0 Å². The summed E-state index contributed by atoms with van der Waals surface area (Å²) >= 11 is 0. The van der Waals surface area contributed by atoms with E-state index in [0.717, 1.165) is 19.3 Å². The molecule has 4 fully saturated rings. The lowest BCUT2D eigenvalue weighted by Gasteiger charge is -2.56. The monoisotopic (exact) mass is 323 g/mol. The molecule has 4 rings (SSSR count). The SMILES string of the molecule is COC(=O)C(C)CN(CCO)C(=O)C12CC3CC(CC(C3)C1)C2. The first-order chi connectivity index (χ1) is 11.0. The highest BCUT2D eigenvalue weighted by Crippen LogP contribution is 2.60. The van der Waals surface area contributed by atoms with E-state index in [9.17, 15) is 14.7 Å². The molecule has 0 aromatic rings. The predicted octanol–water partition coefficient (Wildman–Crippen LogP) is 1.83. The third kappa shape index (κ3) is 3.12. The normalized spacial score (nSPS) is 35.9. The number of rotatable bonds is 6. The molecule has 4 saturated carbocycles. The largest absolute Gasteiger partial charge is 0.469 e. The second-order valence-corrected chi connectivity index (χ2v) is 8.10. The van der Waals surface area contributed by atoms with Gasteiger partial charge in [0.2, 0.25) is 5.91 Å². The average molecular weight is 323 g/mol. The molecular weight excluding hydrogens is 294 g/mol. The maximum atomic E-state index is 13.3. The van der Waals surface area contributed by atoms with Crippen LogP contribution in [0.15, 0.2) is 0 Å². The van der Waals surface area contributed by atoms with E-state index in [4.69, 9.17) is 4.74 Å². The van der Waals surface area contributed by atoms with Crippen molar-refractivity contribution in [3.8, 4) is 0 Å². The first-order valence-electron chi connectivity index (χ1n) is 8.95. The maximum Gasteiger partial charge on any atom is 0.310 e. The molecule has 130 valence electrons. The molecule has 1 amide bonds. The Labute approximate surface area is 138 Å². The van der Waals surface area contributed by atoms with Crippen LogP contribution in [0.25, 0.3) is 0 Å². The topological polar surface area (TPSA) is 66.8 Å². The summed E-state index contributed by atoms with van der Waals surface area (Å²) in [7, 11) is 1.37. The lowest BCUT2D eigenvalue weighted by molar-refractivity contribution is -0.160. The van der Waals surface area contributed by atoms with Crippen molar-refractivity contribution in [1.29, 1.82) is 0 Å². The lowest BCUT2D eigenvalue weighted by Crippen LogP contribution is -2.55. The Hall–Kier alpha value is -1.10. The molecule has 5 nitrogen and oxygen atoms in total.